The van der Waals surface area contributed by atoms with Crippen LogP contribution in [0.1, 0.15) is 5.56 Å². The van der Waals surface area contributed by atoms with Crippen LogP contribution in [0.4, 0.5) is 47.7 Å². The number of nitrogens with one attached hydrogen (secondary N) is 3. The molecule has 9 nitrogen and oxygen atoms in total. The fourth-order valence-corrected chi connectivity index (χ4v) is 4.48. The number of hydrogen-bond donors (Lipinski definition) is 3. The van der Waals surface area contributed by atoms with Crippen LogP contribution >= 0.6 is 0 Å². The molecule has 3 aromatic rings. The molecule has 12 heteroatoms. The maximum absolute atomic E-state index is 13.7. The van der Waals surface area contributed by atoms with E-state index < -0.39 is 23.5 Å². The van der Waals surface area contributed by atoms with E-state index in [9.17, 15) is 18.0 Å². The van der Waals surface area contributed by atoms with Crippen LogP contribution in [0.5, 0.6) is 5.75 Å². The van der Waals surface area contributed by atoms with Gasteiger partial charge >= 0.3 is 6.18 Å². The summed E-state index contributed by atoms with van der Waals surface area (Å²) in [7, 11) is 2.09. The largest absolute Gasteiger partial charge is 0.489 e. The van der Waals surface area contributed by atoms with Crippen molar-refractivity contribution in [3.8, 4) is 5.75 Å². The minimum atomic E-state index is -4.69. The van der Waals surface area contributed by atoms with Crippen molar-refractivity contribution in [3.05, 3.63) is 66.9 Å². The second-order valence-corrected chi connectivity index (χ2v) is 9.08. The van der Waals surface area contributed by atoms with E-state index in [2.05, 4.69) is 49.3 Å². The first-order valence-corrected chi connectivity index (χ1v) is 11.9. The normalized spacial score (nSPS) is 17.1. The van der Waals surface area contributed by atoms with E-state index in [1.807, 2.05) is 12.1 Å². The molecule has 0 spiro atoms. The SMILES string of the molecule is C=CC(=O)Nc1cccc(Nc2nc(Nc3ccc4c(c3)OC[C@@H]3CN(C)CCN43)ncc2C(F)(F)F)c1. The van der Waals surface area contributed by atoms with Gasteiger partial charge in [-0.2, -0.15) is 18.2 Å². The Morgan fingerprint density at radius 1 is 1.13 bits per heavy atom. The fourth-order valence-electron chi connectivity index (χ4n) is 4.48. The van der Waals surface area contributed by atoms with Crippen LogP contribution in [0.25, 0.3) is 0 Å². The standard InChI is InChI=1S/C26H26F3N7O2/c1-3-23(37)31-16-5-4-6-17(11-16)32-24-20(26(27,28)29)13-30-25(34-24)33-18-7-8-21-22(12-18)38-15-19-14-35(2)9-10-36(19)21/h3-8,11-13,19H,1,9-10,14-15H2,2H3,(H,31,37)(H2,30,32,33,34)/t19-/m0/s1. The number of aromatic nitrogens is 2. The van der Waals surface area contributed by atoms with Gasteiger partial charge < -0.3 is 30.5 Å². The van der Waals surface area contributed by atoms with Gasteiger partial charge in [-0.1, -0.05) is 12.6 Å². The molecule has 0 bridgehead atoms. The van der Waals surface area contributed by atoms with Gasteiger partial charge in [0.05, 0.1) is 11.7 Å². The van der Waals surface area contributed by atoms with Crippen molar-refractivity contribution in [2.24, 2.45) is 0 Å². The molecule has 0 saturated carbocycles. The second-order valence-electron chi connectivity index (χ2n) is 9.08. The number of rotatable bonds is 6. The van der Waals surface area contributed by atoms with Crippen LogP contribution in [0.3, 0.4) is 0 Å². The molecule has 1 saturated heterocycles. The molecular formula is C26H26F3N7O2. The smallest absolute Gasteiger partial charge is 0.421 e. The fraction of sp³-hybridized carbons (Fsp3) is 0.269. The summed E-state index contributed by atoms with van der Waals surface area (Å²) in [6.45, 7) is 6.70. The predicted molar refractivity (Wildman–Crippen MR) is 139 cm³/mol. The minimum absolute atomic E-state index is 0.0233. The predicted octanol–water partition coefficient (Wildman–Crippen LogP) is 4.62. The van der Waals surface area contributed by atoms with Gasteiger partial charge in [0.2, 0.25) is 11.9 Å². The summed E-state index contributed by atoms with van der Waals surface area (Å²) in [6.07, 6.45) is -2.86. The Morgan fingerprint density at radius 2 is 1.92 bits per heavy atom. The lowest BCUT2D eigenvalue weighted by molar-refractivity contribution is -0.137. The molecule has 2 aliphatic rings. The number of ether oxygens (including phenoxy) is 1. The number of nitrogens with zero attached hydrogens (tertiary/aromatic N) is 4. The minimum Gasteiger partial charge on any atom is -0.489 e. The van der Waals surface area contributed by atoms with E-state index in [0.717, 1.165) is 37.6 Å². The van der Waals surface area contributed by atoms with Crippen LogP contribution in [0.2, 0.25) is 0 Å². The van der Waals surface area contributed by atoms with Crippen LogP contribution in [-0.4, -0.2) is 60.1 Å². The first-order chi connectivity index (χ1) is 18.2. The first kappa shape index (κ1) is 25.3. The van der Waals surface area contributed by atoms with Crippen molar-refractivity contribution in [2.45, 2.75) is 12.2 Å². The zero-order chi connectivity index (χ0) is 26.9. The monoisotopic (exact) mass is 525 g/mol. The molecule has 0 unspecified atom stereocenters. The Bertz CT molecular complexity index is 1360. The van der Waals surface area contributed by atoms with E-state index in [0.29, 0.717) is 29.4 Å². The molecule has 38 heavy (non-hydrogen) atoms. The third kappa shape index (κ3) is 5.49. The zero-order valence-electron chi connectivity index (χ0n) is 20.5. The zero-order valence-corrected chi connectivity index (χ0v) is 20.5. The third-order valence-electron chi connectivity index (χ3n) is 6.31. The molecule has 1 fully saturated rings. The molecule has 2 aromatic carbocycles. The van der Waals surface area contributed by atoms with Crippen LogP contribution in [0, 0.1) is 0 Å². The highest BCUT2D eigenvalue weighted by molar-refractivity contribution is 5.99. The average Bonchev–Trinajstić information content (AvgIpc) is 2.88. The number of benzene rings is 2. The molecule has 198 valence electrons. The number of fused-ring (bicyclic) bond motifs is 3. The summed E-state index contributed by atoms with van der Waals surface area (Å²) in [5, 5.41) is 8.25. The summed E-state index contributed by atoms with van der Waals surface area (Å²) < 4.78 is 47.2. The first-order valence-electron chi connectivity index (χ1n) is 11.9. The highest BCUT2D eigenvalue weighted by Crippen LogP contribution is 2.39. The quantitative estimate of drug-likeness (QED) is 0.402. The molecule has 1 aromatic heterocycles. The molecule has 5 rings (SSSR count). The van der Waals surface area contributed by atoms with Crippen LogP contribution in [-0.2, 0) is 11.0 Å². The molecular weight excluding hydrogens is 499 g/mol. The highest BCUT2D eigenvalue weighted by atomic mass is 19.4. The third-order valence-corrected chi connectivity index (χ3v) is 6.31. The summed E-state index contributed by atoms with van der Waals surface area (Å²) in [4.78, 5) is 24.2. The number of amides is 1. The number of likely N-dealkylation sites (N-methyl/N-ethyl adjacent to an activating group) is 1. The molecule has 1 amide bonds. The molecule has 3 N–H and O–H groups in total. The van der Waals surface area contributed by atoms with Crippen molar-refractivity contribution in [2.75, 3.05) is 54.1 Å². The van der Waals surface area contributed by atoms with Crippen molar-refractivity contribution < 1.29 is 22.7 Å². The van der Waals surface area contributed by atoms with Crippen molar-refractivity contribution in [3.63, 3.8) is 0 Å². The molecule has 2 aliphatic heterocycles. The number of hydrogen-bond acceptors (Lipinski definition) is 8. The summed E-state index contributed by atoms with van der Waals surface area (Å²) in [6, 6.07) is 12.1. The van der Waals surface area contributed by atoms with E-state index in [1.54, 1.807) is 24.3 Å². The number of piperazine rings is 1. The Hall–Kier alpha value is -4.32. The Labute approximate surface area is 217 Å². The van der Waals surface area contributed by atoms with Gasteiger partial charge in [-0.3, -0.25) is 4.79 Å². The van der Waals surface area contributed by atoms with E-state index in [1.165, 1.54) is 6.07 Å². The number of carbonyl (C=O) groups is 1. The summed E-state index contributed by atoms with van der Waals surface area (Å²) >= 11 is 0. The lowest BCUT2D eigenvalue weighted by atomic mass is 10.1. The topological polar surface area (TPSA) is 94.6 Å². The summed E-state index contributed by atoms with van der Waals surface area (Å²) in [5.41, 5.74) is 1.22. The van der Waals surface area contributed by atoms with Gasteiger partial charge in [-0.05, 0) is 43.5 Å². The average molecular weight is 526 g/mol. The Kier molecular flexibility index (Phi) is 6.81. The molecule has 3 heterocycles. The van der Waals surface area contributed by atoms with Gasteiger partial charge in [0, 0.05) is 49.0 Å². The van der Waals surface area contributed by atoms with Crippen molar-refractivity contribution in [1.29, 1.82) is 0 Å². The summed E-state index contributed by atoms with van der Waals surface area (Å²) in [5.74, 6) is -0.204. The van der Waals surface area contributed by atoms with Crippen molar-refractivity contribution in [1.82, 2.24) is 14.9 Å². The van der Waals surface area contributed by atoms with E-state index in [4.69, 9.17) is 4.74 Å². The number of carbonyl (C=O) groups excluding carboxylic acids is 1. The Morgan fingerprint density at radius 3 is 2.71 bits per heavy atom. The van der Waals surface area contributed by atoms with Gasteiger partial charge in [-0.15, -0.1) is 0 Å². The lowest BCUT2D eigenvalue weighted by Gasteiger charge is -2.44. The Balaban J connectivity index is 1.39. The van der Waals surface area contributed by atoms with Crippen LogP contribution in [0.15, 0.2) is 61.3 Å². The maximum Gasteiger partial charge on any atom is 0.421 e. The van der Waals surface area contributed by atoms with Crippen molar-refractivity contribution >= 4 is 40.4 Å². The van der Waals surface area contributed by atoms with Gasteiger partial charge in [0.25, 0.3) is 0 Å². The molecule has 0 radical (unpaired) electrons. The maximum atomic E-state index is 13.7. The number of halogens is 3. The molecule has 1 atom stereocenters. The van der Waals surface area contributed by atoms with E-state index in [-0.39, 0.29) is 12.0 Å². The van der Waals surface area contributed by atoms with Gasteiger partial charge in [-0.25, -0.2) is 4.98 Å². The lowest BCUT2D eigenvalue weighted by Crippen LogP contribution is -2.56. The van der Waals surface area contributed by atoms with Crippen LogP contribution < -0.4 is 25.6 Å². The van der Waals surface area contributed by atoms with Gasteiger partial charge in [0.1, 0.15) is 23.7 Å². The van der Waals surface area contributed by atoms with Gasteiger partial charge in [0.15, 0.2) is 0 Å². The highest BCUT2D eigenvalue weighted by Gasteiger charge is 2.36. The number of anilines is 6. The number of alkyl halides is 3. The van der Waals surface area contributed by atoms with E-state index >= 15 is 0 Å². The molecule has 0 aliphatic carbocycles. The second kappa shape index (κ2) is 10.2.